The molecule has 0 heterocycles. The van der Waals surface area contributed by atoms with E-state index >= 15 is 0 Å². The van der Waals surface area contributed by atoms with Gasteiger partial charge in [0.1, 0.15) is 5.57 Å². The molecule has 4 nitrogen and oxygen atoms in total. The molecule has 0 unspecified atom stereocenters. The Morgan fingerprint density at radius 1 is 1.00 bits per heavy atom. The van der Waals surface area contributed by atoms with Crippen molar-refractivity contribution in [2.24, 2.45) is 0 Å². The SMILES string of the molecule is C/C(Cl)=C(C)/C=C(\C)C=C(C(=O)O)C(=O)O. The van der Waals surface area contributed by atoms with Gasteiger partial charge < -0.3 is 10.2 Å². The molecule has 0 saturated carbocycles. The van der Waals surface area contributed by atoms with Crippen LogP contribution in [0.3, 0.4) is 0 Å². The molecular formula is C11H13ClO4. The number of allylic oxidation sites excluding steroid dienone is 5. The number of carboxylic acid groups (broad SMARTS) is 2. The zero-order valence-corrected chi connectivity index (χ0v) is 10.00. The lowest BCUT2D eigenvalue weighted by molar-refractivity contribution is -0.140. The molecule has 0 radical (unpaired) electrons. The summed E-state index contributed by atoms with van der Waals surface area (Å²) < 4.78 is 0. The zero-order valence-electron chi connectivity index (χ0n) is 9.24. The molecule has 0 saturated heterocycles. The number of rotatable bonds is 4. The Hall–Kier alpha value is -1.55. The van der Waals surface area contributed by atoms with Crippen LogP contribution >= 0.6 is 11.6 Å². The maximum Gasteiger partial charge on any atom is 0.343 e. The van der Waals surface area contributed by atoms with E-state index < -0.39 is 17.5 Å². The normalized spacial score (nSPS) is 12.9. The fraction of sp³-hybridized carbons (Fsp3) is 0.273. The van der Waals surface area contributed by atoms with Crippen molar-refractivity contribution in [3.05, 3.63) is 33.9 Å². The summed E-state index contributed by atoms with van der Waals surface area (Å²) in [5.74, 6) is -2.94. The van der Waals surface area contributed by atoms with Gasteiger partial charge in [0.15, 0.2) is 0 Å². The molecule has 0 spiro atoms. The number of hydrogen-bond donors (Lipinski definition) is 2. The van der Waals surface area contributed by atoms with Crippen LogP contribution in [0.25, 0.3) is 0 Å². The molecule has 0 aliphatic carbocycles. The first kappa shape index (κ1) is 14.5. The summed E-state index contributed by atoms with van der Waals surface area (Å²) in [6.07, 6.45) is 2.71. The summed E-state index contributed by atoms with van der Waals surface area (Å²) >= 11 is 5.72. The first-order chi connectivity index (χ1) is 7.25. The quantitative estimate of drug-likeness (QED) is 0.345. The van der Waals surface area contributed by atoms with Crippen molar-refractivity contribution >= 4 is 23.5 Å². The molecule has 0 aliphatic rings. The van der Waals surface area contributed by atoms with Crippen LogP contribution < -0.4 is 0 Å². The number of carbonyl (C=O) groups is 2. The first-order valence-electron chi connectivity index (χ1n) is 4.45. The fourth-order valence-corrected chi connectivity index (χ4v) is 0.980. The minimum absolute atomic E-state index is 0.511. The third-order valence-corrected chi connectivity index (χ3v) is 2.12. The topological polar surface area (TPSA) is 74.6 Å². The van der Waals surface area contributed by atoms with Gasteiger partial charge in [-0.2, -0.15) is 0 Å². The molecule has 0 aliphatic heterocycles. The van der Waals surface area contributed by atoms with Crippen molar-refractivity contribution in [1.82, 2.24) is 0 Å². The van der Waals surface area contributed by atoms with E-state index in [1.54, 1.807) is 26.8 Å². The standard InChI is InChI=1S/C11H13ClO4/c1-6(4-7(2)8(3)12)5-9(10(13)14)11(15)16/h4-5H,1-3H3,(H,13,14)(H,15,16)/b6-4+,8-7-. The smallest absolute Gasteiger partial charge is 0.343 e. The van der Waals surface area contributed by atoms with Crippen LogP contribution in [-0.2, 0) is 9.59 Å². The number of carboxylic acids is 2. The van der Waals surface area contributed by atoms with Crippen LogP contribution in [0.4, 0.5) is 0 Å². The van der Waals surface area contributed by atoms with Crippen molar-refractivity contribution in [2.45, 2.75) is 20.8 Å². The second-order valence-electron chi connectivity index (χ2n) is 3.27. The Kier molecular flexibility index (Phi) is 5.53. The summed E-state index contributed by atoms with van der Waals surface area (Å²) in [7, 11) is 0. The number of aliphatic carboxylic acids is 2. The van der Waals surface area contributed by atoms with Crippen molar-refractivity contribution in [2.75, 3.05) is 0 Å². The molecule has 0 aromatic heterocycles. The Labute approximate surface area is 98.5 Å². The highest BCUT2D eigenvalue weighted by molar-refractivity contribution is 6.29. The van der Waals surface area contributed by atoms with E-state index in [9.17, 15) is 9.59 Å². The molecule has 0 aromatic rings. The third-order valence-electron chi connectivity index (χ3n) is 1.82. The Morgan fingerprint density at radius 2 is 1.44 bits per heavy atom. The average Bonchev–Trinajstić information content (AvgIpc) is 2.12. The van der Waals surface area contributed by atoms with Crippen LogP contribution in [0.2, 0.25) is 0 Å². The summed E-state index contributed by atoms with van der Waals surface area (Å²) in [6, 6.07) is 0. The Balaban J connectivity index is 5.23. The highest BCUT2D eigenvalue weighted by Crippen LogP contribution is 2.13. The van der Waals surface area contributed by atoms with E-state index in [0.29, 0.717) is 10.6 Å². The van der Waals surface area contributed by atoms with Gasteiger partial charge in [0.25, 0.3) is 0 Å². The molecule has 0 fully saturated rings. The Morgan fingerprint density at radius 3 is 1.75 bits per heavy atom. The first-order valence-corrected chi connectivity index (χ1v) is 4.83. The summed E-state index contributed by atoms with van der Waals surface area (Å²) in [5, 5.41) is 17.8. The van der Waals surface area contributed by atoms with E-state index in [1.165, 1.54) is 0 Å². The number of hydrogen-bond acceptors (Lipinski definition) is 2. The van der Waals surface area contributed by atoms with Crippen LogP contribution in [0.15, 0.2) is 33.9 Å². The van der Waals surface area contributed by atoms with E-state index in [2.05, 4.69) is 0 Å². The van der Waals surface area contributed by atoms with Crippen LogP contribution in [-0.4, -0.2) is 22.2 Å². The van der Waals surface area contributed by atoms with E-state index in [0.717, 1.165) is 11.6 Å². The van der Waals surface area contributed by atoms with Crippen molar-refractivity contribution in [3.8, 4) is 0 Å². The van der Waals surface area contributed by atoms with Gasteiger partial charge >= 0.3 is 11.9 Å². The zero-order chi connectivity index (χ0) is 12.9. The second-order valence-corrected chi connectivity index (χ2v) is 3.84. The Bertz CT molecular complexity index is 382. The minimum Gasteiger partial charge on any atom is -0.477 e. The molecule has 88 valence electrons. The molecular weight excluding hydrogens is 232 g/mol. The third kappa shape index (κ3) is 4.79. The highest BCUT2D eigenvalue weighted by atomic mass is 35.5. The lowest BCUT2D eigenvalue weighted by Crippen LogP contribution is -2.11. The van der Waals surface area contributed by atoms with Gasteiger partial charge in [-0.3, -0.25) is 0 Å². The maximum atomic E-state index is 10.6. The molecule has 0 aromatic carbocycles. The maximum absolute atomic E-state index is 10.6. The van der Waals surface area contributed by atoms with Gasteiger partial charge in [0, 0.05) is 5.03 Å². The van der Waals surface area contributed by atoms with E-state index in [-0.39, 0.29) is 0 Å². The van der Waals surface area contributed by atoms with Crippen molar-refractivity contribution in [1.29, 1.82) is 0 Å². The van der Waals surface area contributed by atoms with Gasteiger partial charge in [-0.15, -0.1) is 0 Å². The van der Waals surface area contributed by atoms with Gasteiger partial charge in [-0.05, 0) is 38.0 Å². The van der Waals surface area contributed by atoms with Crippen LogP contribution in [0.1, 0.15) is 20.8 Å². The van der Waals surface area contributed by atoms with E-state index in [1.807, 2.05) is 0 Å². The second kappa shape index (κ2) is 6.12. The summed E-state index contributed by atoms with van der Waals surface area (Å²) in [5.41, 5.74) is 0.594. The molecule has 0 amide bonds. The summed E-state index contributed by atoms with van der Waals surface area (Å²) in [4.78, 5) is 21.2. The van der Waals surface area contributed by atoms with Gasteiger partial charge in [-0.1, -0.05) is 17.7 Å². The molecule has 0 rings (SSSR count). The molecule has 5 heteroatoms. The lowest BCUT2D eigenvalue weighted by Gasteiger charge is -1.98. The predicted octanol–water partition coefficient (Wildman–Crippen LogP) is 2.56. The lowest BCUT2D eigenvalue weighted by atomic mass is 10.1. The molecule has 2 N–H and O–H groups in total. The molecule has 0 bridgehead atoms. The summed E-state index contributed by atoms with van der Waals surface area (Å²) in [6.45, 7) is 5.05. The largest absolute Gasteiger partial charge is 0.477 e. The molecule has 16 heavy (non-hydrogen) atoms. The van der Waals surface area contributed by atoms with Crippen molar-refractivity contribution in [3.63, 3.8) is 0 Å². The van der Waals surface area contributed by atoms with Crippen LogP contribution in [0.5, 0.6) is 0 Å². The van der Waals surface area contributed by atoms with Gasteiger partial charge in [0.2, 0.25) is 0 Å². The molecule has 0 atom stereocenters. The fourth-order valence-electron chi connectivity index (χ4n) is 0.925. The number of halogens is 1. The van der Waals surface area contributed by atoms with Crippen LogP contribution in [0, 0.1) is 0 Å². The van der Waals surface area contributed by atoms with Crippen molar-refractivity contribution < 1.29 is 19.8 Å². The minimum atomic E-state index is -1.47. The monoisotopic (exact) mass is 244 g/mol. The van der Waals surface area contributed by atoms with Gasteiger partial charge in [0.05, 0.1) is 0 Å². The van der Waals surface area contributed by atoms with E-state index in [4.69, 9.17) is 21.8 Å². The predicted molar refractivity (Wildman–Crippen MR) is 61.3 cm³/mol. The average molecular weight is 245 g/mol. The van der Waals surface area contributed by atoms with Gasteiger partial charge in [-0.25, -0.2) is 9.59 Å². The highest BCUT2D eigenvalue weighted by Gasteiger charge is 2.15.